The molecule has 17 heavy (non-hydrogen) atoms. The third kappa shape index (κ3) is 3.06. The van der Waals surface area contributed by atoms with E-state index in [2.05, 4.69) is 32.3 Å². The summed E-state index contributed by atoms with van der Waals surface area (Å²) in [5, 5.41) is 7.98. The van der Waals surface area contributed by atoms with Crippen molar-refractivity contribution in [1.29, 1.82) is 0 Å². The molecule has 0 aliphatic rings. The van der Waals surface area contributed by atoms with Gasteiger partial charge in [-0.1, -0.05) is 21.1 Å². The fourth-order valence-electron chi connectivity index (χ4n) is 1.72. The Morgan fingerprint density at radius 2 is 2.18 bits per heavy atom. The monoisotopic (exact) mass is 295 g/mol. The molecule has 1 aromatic carbocycles. The van der Waals surface area contributed by atoms with Crippen LogP contribution in [0, 0.1) is 0 Å². The van der Waals surface area contributed by atoms with Crippen LogP contribution >= 0.6 is 15.9 Å². The van der Waals surface area contributed by atoms with Crippen LogP contribution in [-0.4, -0.2) is 22.1 Å². The van der Waals surface area contributed by atoms with Crippen LogP contribution in [0.25, 0.3) is 0 Å². The Balaban J connectivity index is 2.10. The van der Waals surface area contributed by atoms with Crippen molar-refractivity contribution in [2.75, 3.05) is 7.11 Å². The van der Waals surface area contributed by atoms with Crippen molar-refractivity contribution in [3.63, 3.8) is 0 Å². The van der Waals surface area contributed by atoms with Gasteiger partial charge in [-0.2, -0.15) is 0 Å². The molecule has 1 aromatic heterocycles. The summed E-state index contributed by atoms with van der Waals surface area (Å²) >= 11 is 3.47. The van der Waals surface area contributed by atoms with E-state index in [4.69, 9.17) is 4.74 Å². The highest BCUT2D eigenvalue weighted by atomic mass is 79.9. The number of methoxy groups -OCH3 is 1. The maximum Gasteiger partial charge on any atom is 0.122 e. The second-order valence-corrected chi connectivity index (χ2v) is 4.76. The summed E-state index contributed by atoms with van der Waals surface area (Å²) in [5.74, 6) is 0.914. The molecule has 1 heterocycles. The van der Waals surface area contributed by atoms with Crippen LogP contribution in [0.1, 0.15) is 11.3 Å². The first-order valence-corrected chi connectivity index (χ1v) is 6.16. The lowest BCUT2D eigenvalue weighted by molar-refractivity contribution is 0.409. The molecule has 0 bridgehead atoms. The predicted molar refractivity (Wildman–Crippen MR) is 69.1 cm³/mol. The average Bonchev–Trinajstić information content (AvgIpc) is 2.73. The average molecular weight is 296 g/mol. The van der Waals surface area contributed by atoms with Crippen molar-refractivity contribution in [2.24, 2.45) is 7.05 Å². The Morgan fingerprint density at radius 3 is 2.82 bits per heavy atom. The van der Waals surface area contributed by atoms with Gasteiger partial charge in [0.05, 0.1) is 12.8 Å². The van der Waals surface area contributed by atoms with E-state index in [0.717, 1.165) is 28.8 Å². The van der Waals surface area contributed by atoms with Gasteiger partial charge in [0.15, 0.2) is 0 Å². The Bertz CT molecular complexity index is 510. The molecule has 0 aliphatic heterocycles. The third-order valence-corrected chi connectivity index (χ3v) is 3.04. The van der Waals surface area contributed by atoms with Crippen molar-refractivity contribution in [2.45, 2.75) is 12.8 Å². The lowest BCUT2D eigenvalue weighted by Gasteiger charge is -2.07. The second kappa shape index (κ2) is 5.31. The van der Waals surface area contributed by atoms with Gasteiger partial charge in [0.25, 0.3) is 0 Å². The molecule has 0 fully saturated rings. The first-order chi connectivity index (χ1) is 8.19. The van der Waals surface area contributed by atoms with Crippen molar-refractivity contribution in [3.05, 3.63) is 40.1 Å². The highest BCUT2D eigenvalue weighted by Crippen LogP contribution is 2.24. The first-order valence-electron chi connectivity index (χ1n) is 5.36. The third-order valence-electron chi connectivity index (χ3n) is 2.54. The summed E-state index contributed by atoms with van der Waals surface area (Å²) in [6.45, 7) is 0. The Hall–Kier alpha value is -1.36. The Labute approximate surface area is 109 Å². The smallest absolute Gasteiger partial charge is 0.122 e. The van der Waals surface area contributed by atoms with Gasteiger partial charge in [-0.25, -0.2) is 0 Å². The molecule has 0 spiro atoms. The molecule has 4 nitrogen and oxygen atoms in total. The fourth-order valence-corrected chi connectivity index (χ4v) is 2.12. The molecule has 0 N–H and O–H groups in total. The van der Waals surface area contributed by atoms with E-state index >= 15 is 0 Å². The summed E-state index contributed by atoms with van der Waals surface area (Å²) in [4.78, 5) is 0. The summed E-state index contributed by atoms with van der Waals surface area (Å²) in [7, 11) is 3.56. The van der Waals surface area contributed by atoms with Crippen LogP contribution < -0.4 is 4.74 Å². The fraction of sp³-hybridized carbons (Fsp3) is 0.333. The Morgan fingerprint density at radius 1 is 1.35 bits per heavy atom. The van der Waals surface area contributed by atoms with E-state index < -0.39 is 0 Å². The van der Waals surface area contributed by atoms with E-state index in [9.17, 15) is 0 Å². The molecular weight excluding hydrogens is 282 g/mol. The number of aryl methyl sites for hydroxylation is 3. The van der Waals surface area contributed by atoms with Gasteiger partial charge in [0.1, 0.15) is 5.75 Å². The molecule has 0 unspecified atom stereocenters. The van der Waals surface area contributed by atoms with Crippen molar-refractivity contribution in [3.8, 4) is 5.75 Å². The molecule has 0 aliphatic carbocycles. The van der Waals surface area contributed by atoms with Gasteiger partial charge < -0.3 is 4.74 Å². The van der Waals surface area contributed by atoms with Gasteiger partial charge >= 0.3 is 0 Å². The van der Waals surface area contributed by atoms with Crippen LogP contribution in [0.3, 0.4) is 0 Å². The number of ether oxygens (including phenoxy) is 1. The van der Waals surface area contributed by atoms with Crippen molar-refractivity contribution >= 4 is 15.9 Å². The largest absolute Gasteiger partial charge is 0.496 e. The van der Waals surface area contributed by atoms with Crippen LogP contribution in [-0.2, 0) is 19.9 Å². The molecule has 2 rings (SSSR count). The van der Waals surface area contributed by atoms with Gasteiger partial charge in [-0.3, -0.25) is 4.68 Å². The molecule has 90 valence electrons. The molecule has 0 amide bonds. The second-order valence-electron chi connectivity index (χ2n) is 3.84. The first kappa shape index (κ1) is 12.1. The highest BCUT2D eigenvalue weighted by Gasteiger charge is 2.05. The summed E-state index contributed by atoms with van der Waals surface area (Å²) in [6.07, 6.45) is 3.69. The van der Waals surface area contributed by atoms with Crippen LogP contribution in [0.4, 0.5) is 0 Å². The van der Waals surface area contributed by atoms with Crippen LogP contribution in [0.5, 0.6) is 5.75 Å². The molecule has 0 saturated carbocycles. The molecular formula is C12H14BrN3O. The van der Waals surface area contributed by atoms with E-state index in [1.54, 1.807) is 11.8 Å². The Kier molecular flexibility index (Phi) is 3.78. The summed E-state index contributed by atoms with van der Waals surface area (Å²) in [5.41, 5.74) is 2.17. The van der Waals surface area contributed by atoms with E-state index in [1.165, 1.54) is 5.56 Å². The topological polar surface area (TPSA) is 39.9 Å². The molecule has 0 saturated heterocycles. The maximum absolute atomic E-state index is 5.33. The van der Waals surface area contributed by atoms with Gasteiger partial charge in [-0.15, -0.1) is 5.10 Å². The van der Waals surface area contributed by atoms with E-state index in [-0.39, 0.29) is 0 Å². The molecule has 0 radical (unpaired) electrons. The number of benzene rings is 1. The number of hydrogen-bond donors (Lipinski definition) is 0. The van der Waals surface area contributed by atoms with Crippen LogP contribution in [0.2, 0.25) is 0 Å². The quantitative estimate of drug-likeness (QED) is 0.869. The number of nitrogens with zero attached hydrogens (tertiary/aromatic N) is 3. The number of aromatic nitrogens is 3. The number of halogens is 1. The minimum atomic E-state index is 0.862. The highest BCUT2D eigenvalue weighted by molar-refractivity contribution is 9.10. The minimum Gasteiger partial charge on any atom is -0.496 e. The number of hydrogen-bond acceptors (Lipinski definition) is 3. The zero-order chi connectivity index (χ0) is 12.3. The maximum atomic E-state index is 5.33. The predicted octanol–water partition coefficient (Wildman–Crippen LogP) is 2.37. The van der Waals surface area contributed by atoms with Gasteiger partial charge in [0.2, 0.25) is 0 Å². The lowest BCUT2D eigenvalue weighted by atomic mass is 10.1. The lowest BCUT2D eigenvalue weighted by Crippen LogP contribution is -1.96. The zero-order valence-corrected chi connectivity index (χ0v) is 11.4. The minimum absolute atomic E-state index is 0.862. The van der Waals surface area contributed by atoms with E-state index in [0.29, 0.717) is 0 Å². The normalized spacial score (nSPS) is 10.5. The zero-order valence-electron chi connectivity index (χ0n) is 9.85. The van der Waals surface area contributed by atoms with Gasteiger partial charge in [0, 0.05) is 17.7 Å². The van der Waals surface area contributed by atoms with Crippen molar-refractivity contribution < 1.29 is 4.74 Å². The van der Waals surface area contributed by atoms with Crippen LogP contribution in [0.15, 0.2) is 28.9 Å². The summed E-state index contributed by atoms with van der Waals surface area (Å²) < 4.78 is 8.11. The van der Waals surface area contributed by atoms with Gasteiger partial charge in [-0.05, 0) is 36.6 Å². The van der Waals surface area contributed by atoms with E-state index in [1.807, 2.05) is 25.4 Å². The van der Waals surface area contributed by atoms with Crippen molar-refractivity contribution in [1.82, 2.24) is 15.0 Å². The molecule has 5 heteroatoms. The SMILES string of the molecule is COc1ccc(Br)cc1CCc1cn(C)nn1. The number of rotatable bonds is 4. The molecule has 0 atom stereocenters. The standard InChI is InChI=1S/C12H14BrN3O/c1-16-8-11(14-15-16)5-3-9-7-10(13)4-6-12(9)17-2/h4,6-8H,3,5H2,1-2H3. The molecule has 2 aromatic rings. The summed E-state index contributed by atoms with van der Waals surface area (Å²) in [6, 6.07) is 6.02.